The van der Waals surface area contributed by atoms with Crippen LogP contribution in [0.15, 0.2) is 24.3 Å². The normalized spacial score (nSPS) is 20.7. The van der Waals surface area contributed by atoms with Crippen molar-refractivity contribution in [3.05, 3.63) is 24.3 Å². The maximum absolute atomic E-state index is 13.0. The molecule has 0 radical (unpaired) electrons. The monoisotopic (exact) mass is 852 g/mol. The zero-order valence-corrected chi connectivity index (χ0v) is 39.0. The fourth-order valence-corrected chi connectivity index (χ4v) is 8.17. The number of hydrogen-bond donors (Lipinski definition) is 6. The fraction of sp³-hybridized carbons (Fsp3) is 0.902. The molecular formula is C51H97NO8. The number of ether oxygens (including phenoxy) is 2. The minimum absolute atomic E-state index is 0.185. The average Bonchev–Trinajstić information content (AvgIpc) is 3.25. The molecular weight excluding hydrogens is 755 g/mol. The number of rotatable bonds is 43. The molecule has 9 heteroatoms. The highest BCUT2D eigenvalue weighted by molar-refractivity contribution is 5.76. The Morgan fingerprint density at radius 2 is 0.950 bits per heavy atom. The molecule has 1 heterocycles. The lowest BCUT2D eigenvalue weighted by atomic mass is 9.99. The summed E-state index contributed by atoms with van der Waals surface area (Å²) in [6.07, 6.45) is 44.0. The number of hydrogen-bond acceptors (Lipinski definition) is 8. The van der Waals surface area contributed by atoms with Crippen molar-refractivity contribution in [2.75, 3.05) is 13.2 Å². The summed E-state index contributed by atoms with van der Waals surface area (Å²) in [4.78, 5) is 13.0. The van der Waals surface area contributed by atoms with Gasteiger partial charge >= 0.3 is 0 Å². The van der Waals surface area contributed by atoms with Crippen molar-refractivity contribution in [3.8, 4) is 0 Å². The first kappa shape index (κ1) is 56.7. The Morgan fingerprint density at radius 3 is 1.40 bits per heavy atom. The summed E-state index contributed by atoms with van der Waals surface area (Å²) in [6, 6.07) is -0.816. The molecule has 7 unspecified atom stereocenters. The first-order valence-electron chi connectivity index (χ1n) is 25.6. The van der Waals surface area contributed by atoms with Crippen molar-refractivity contribution in [1.29, 1.82) is 0 Å². The number of aliphatic hydroxyl groups is 5. The number of amides is 1. The molecule has 0 aliphatic carbocycles. The Morgan fingerprint density at radius 1 is 0.550 bits per heavy atom. The zero-order valence-electron chi connectivity index (χ0n) is 39.0. The quantitative estimate of drug-likeness (QED) is 0.0262. The summed E-state index contributed by atoms with van der Waals surface area (Å²) in [5.74, 6) is -0.185. The van der Waals surface area contributed by atoms with Gasteiger partial charge < -0.3 is 40.3 Å². The Kier molecular flexibility index (Phi) is 39.4. The van der Waals surface area contributed by atoms with Gasteiger partial charge in [-0.15, -0.1) is 0 Å². The maximum atomic E-state index is 13.0. The molecule has 0 aromatic heterocycles. The van der Waals surface area contributed by atoms with Crippen LogP contribution < -0.4 is 5.32 Å². The Balaban J connectivity index is 2.16. The topological polar surface area (TPSA) is 149 Å². The lowest BCUT2D eigenvalue weighted by Gasteiger charge is -2.40. The molecule has 1 saturated heterocycles. The van der Waals surface area contributed by atoms with E-state index in [0.717, 1.165) is 38.5 Å². The summed E-state index contributed by atoms with van der Waals surface area (Å²) in [5, 5.41) is 54.1. The van der Waals surface area contributed by atoms with Gasteiger partial charge in [0.05, 0.1) is 25.4 Å². The molecule has 1 rings (SSSR count). The summed E-state index contributed by atoms with van der Waals surface area (Å²) >= 11 is 0. The van der Waals surface area contributed by atoms with Crippen molar-refractivity contribution < 1.29 is 39.8 Å². The van der Waals surface area contributed by atoms with Gasteiger partial charge in [0.1, 0.15) is 24.4 Å². The molecule has 0 bridgehead atoms. The van der Waals surface area contributed by atoms with Crippen LogP contribution in [0.3, 0.4) is 0 Å². The van der Waals surface area contributed by atoms with Crippen molar-refractivity contribution in [1.82, 2.24) is 5.32 Å². The fourth-order valence-electron chi connectivity index (χ4n) is 8.17. The van der Waals surface area contributed by atoms with Crippen molar-refractivity contribution in [2.24, 2.45) is 0 Å². The molecule has 6 N–H and O–H groups in total. The Hall–Kier alpha value is -1.33. The lowest BCUT2D eigenvalue weighted by Crippen LogP contribution is -2.60. The van der Waals surface area contributed by atoms with Crippen LogP contribution in [0.25, 0.3) is 0 Å². The van der Waals surface area contributed by atoms with Gasteiger partial charge in [-0.2, -0.15) is 0 Å². The highest BCUT2D eigenvalue weighted by atomic mass is 16.7. The second-order valence-electron chi connectivity index (χ2n) is 18.0. The molecule has 0 spiro atoms. The third-order valence-corrected chi connectivity index (χ3v) is 12.3. The third kappa shape index (κ3) is 31.5. The van der Waals surface area contributed by atoms with Crippen molar-refractivity contribution in [2.45, 2.75) is 281 Å². The van der Waals surface area contributed by atoms with E-state index in [2.05, 4.69) is 31.3 Å². The molecule has 60 heavy (non-hydrogen) atoms. The van der Waals surface area contributed by atoms with Gasteiger partial charge in [-0.3, -0.25) is 4.79 Å². The van der Waals surface area contributed by atoms with Crippen LogP contribution >= 0.6 is 0 Å². The van der Waals surface area contributed by atoms with Crippen LogP contribution in [0.1, 0.15) is 239 Å². The molecule has 9 nitrogen and oxygen atoms in total. The van der Waals surface area contributed by atoms with Crippen LogP contribution in [-0.2, 0) is 14.3 Å². The van der Waals surface area contributed by atoms with E-state index >= 15 is 0 Å². The minimum Gasteiger partial charge on any atom is -0.394 e. The predicted molar refractivity (Wildman–Crippen MR) is 249 cm³/mol. The summed E-state index contributed by atoms with van der Waals surface area (Å²) < 4.78 is 11.2. The van der Waals surface area contributed by atoms with Gasteiger partial charge in [-0.05, 0) is 32.1 Å². The van der Waals surface area contributed by atoms with Crippen LogP contribution in [-0.4, -0.2) is 87.5 Å². The number of aliphatic hydroxyl groups excluding tert-OH is 5. The molecule has 0 saturated carbocycles. The molecule has 1 amide bonds. The predicted octanol–water partition coefficient (Wildman–Crippen LogP) is 11.5. The number of carbonyl (C=O) groups is 1. The van der Waals surface area contributed by atoms with E-state index in [4.69, 9.17) is 9.47 Å². The van der Waals surface area contributed by atoms with E-state index in [0.29, 0.717) is 6.42 Å². The highest BCUT2D eigenvalue weighted by Gasteiger charge is 2.44. The summed E-state index contributed by atoms with van der Waals surface area (Å²) in [7, 11) is 0. The molecule has 1 aliphatic rings. The van der Waals surface area contributed by atoms with E-state index in [1.165, 1.54) is 180 Å². The van der Waals surface area contributed by atoms with Crippen molar-refractivity contribution >= 4 is 5.91 Å². The Labute approximate surface area is 369 Å². The molecule has 1 fully saturated rings. The summed E-state index contributed by atoms with van der Waals surface area (Å²) in [5.41, 5.74) is 0. The second-order valence-corrected chi connectivity index (χ2v) is 18.0. The second kappa shape index (κ2) is 41.7. The van der Waals surface area contributed by atoms with E-state index < -0.39 is 49.5 Å². The van der Waals surface area contributed by atoms with E-state index in [1.54, 1.807) is 6.08 Å². The van der Waals surface area contributed by atoms with Crippen LogP contribution in [0, 0.1) is 0 Å². The maximum Gasteiger partial charge on any atom is 0.220 e. The van der Waals surface area contributed by atoms with Crippen molar-refractivity contribution in [3.63, 3.8) is 0 Å². The van der Waals surface area contributed by atoms with Gasteiger partial charge in [0, 0.05) is 6.42 Å². The van der Waals surface area contributed by atoms with Crippen LogP contribution in [0.5, 0.6) is 0 Å². The molecule has 1 aliphatic heterocycles. The average molecular weight is 852 g/mol. The number of allylic oxidation sites excluding steroid dienone is 3. The zero-order chi connectivity index (χ0) is 43.7. The molecule has 354 valence electrons. The van der Waals surface area contributed by atoms with Gasteiger partial charge in [-0.25, -0.2) is 0 Å². The lowest BCUT2D eigenvalue weighted by molar-refractivity contribution is -0.302. The smallest absolute Gasteiger partial charge is 0.220 e. The van der Waals surface area contributed by atoms with Gasteiger partial charge in [0.25, 0.3) is 0 Å². The number of nitrogens with one attached hydrogen (secondary N) is 1. The SMILES string of the molecule is CCCCCC/C=C/CC/C=C/C(O)C(COC1OC(CO)C(O)C(O)C1O)NC(=O)CCCCCCCCCCCCCCCCCCCCCCCCCCCCC. The van der Waals surface area contributed by atoms with E-state index in [1.807, 2.05) is 6.08 Å². The number of carbonyl (C=O) groups excluding carboxylic acids is 1. The van der Waals surface area contributed by atoms with Crippen LogP contribution in [0.2, 0.25) is 0 Å². The first-order chi connectivity index (χ1) is 29.3. The number of unbranched alkanes of at least 4 members (excludes halogenated alkanes) is 31. The largest absolute Gasteiger partial charge is 0.394 e. The van der Waals surface area contributed by atoms with Crippen LogP contribution in [0.4, 0.5) is 0 Å². The van der Waals surface area contributed by atoms with E-state index in [9.17, 15) is 30.3 Å². The Bertz CT molecular complexity index is 992. The molecule has 0 aromatic carbocycles. The summed E-state index contributed by atoms with van der Waals surface area (Å²) in [6.45, 7) is 3.73. The first-order valence-corrected chi connectivity index (χ1v) is 25.6. The molecule has 0 aromatic rings. The standard InChI is InChI=1S/C51H97NO8/c1-3-5-7-9-11-13-15-16-17-18-19-20-21-22-23-24-25-26-27-28-29-30-31-33-35-37-39-41-47(55)52-44(43-59-51-50(58)49(57)48(56)46(42-53)60-51)45(54)40-38-36-34-32-14-12-10-8-6-4-2/h14,32,38,40,44-46,48-51,53-54,56-58H,3-13,15-31,33-37,39,41-43H2,1-2H3,(H,52,55)/b32-14+,40-38+. The van der Waals surface area contributed by atoms with E-state index in [-0.39, 0.29) is 12.5 Å². The van der Waals surface area contributed by atoms with Gasteiger partial charge in [0.15, 0.2) is 6.29 Å². The van der Waals surface area contributed by atoms with Gasteiger partial charge in [0.2, 0.25) is 5.91 Å². The highest BCUT2D eigenvalue weighted by Crippen LogP contribution is 2.23. The molecule has 7 atom stereocenters. The minimum atomic E-state index is -1.57. The third-order valence-electron chi connectivity index (χ3n) is 12.3. The van der Waals surface area contributed by atoms with Gasteiger partial charge in [-0.1, -0.05) is 224 Å².